The summed E-state index contributed by atoms with van der Waals surface area (Å²) in [6.07, 6.45) is 0.981. The van der Waals surface area contributed by atoms with Crippen LogP contribution < -0.4 is 16.0 Å². The lowest BCUT2D eigenvalue weighted by atomic mass is 10.1. The first-order chi connectivity index (χ1) is 12.5. The first-order valence-corrected chi connectivity index (χ1v) is 8.61. The summed E-state index contributed by atoms with van der Waals surface area (Å²) in [7, 11) is 0. The molecular weight excluding hydrogens is 332 g/mol. The van der Waals surface area contributed by atoms with Crippen LogP contribution in [0.5, 0.6) is 0 Å². The lowest BCUT2D eigenvalue weighted by Gasteiger charge is -2.16. The van der Waals surface area contributed by atoms with E-state index < -0.39 is 4.92 Å². The van der Waals surface area contributed by atoms with E-state index >= 15 is 0 Å². The molecule has 0 saturated carbocycles. The number of rotatable bonds is 8. The van der Waals surface area contributed by atoms with E-state index in [9.17, 15) is 14.9 Å². The molecule has 7 heteroatoms. The van der Waals surface area contributed by atoms with Gasteiger partial charge in [0.15, 0.2) is 0 Å². The molecule has 0 fully saturated rings. The first-order valence-electron chi connectivity index (χ1n) is 8.61. The number of carbonyl (C=O) groups is 1. The number of nitrogens with zero attached hydrogens (tertiary/aromatic N) is 1. The van der Waals surface area contributed by atoms with Crippen LogP contribution >= 0.6 is 0 Å². The Kier molecular flexibility index (Phi) is 6.96. The zero-order valence-electron chi connectivity index (χ0n) is 15.0. The second kappa shape index (κ2) is 9.41. The maximum atomic E-state index is 12.0. The molecule has 0 spiro atoms. The van der Waals surface area contributed by atoms with E-state index in [1.807, 2.05) is 19.1 Å². The molecule has 0 bridgehead atoms. The normalized spacial score (nSPS) is 11.5. The van der Waals surface area contributed by atoms with Crippen molar-refractivity contribution >= 4 is 17.4 Å². The second-order valence-corrected chi connectivity index (χ2v) is 5.92. The standard InChI is InChI=1S/C19H24N4O3/c1-3-15-8-10-16(11-9-15)14(2)22-19(24)21-13-12-20-17-6-4-5-7-18(17)23(25)26/h4-11,14,20H,3,12-13H2,1-2H3,(H2,21,22,24). The first kappa shape index (κ1) is 19.2. The molecule has 0 aliphatic carbocycles. The van der Waals surface area contributed by atoms with Crippen LogP contribution in [0, 0.1) is 10.1 Å². The minimum Gasteiger partial charge on any atom is -0.378 e. The van der Waals surface area contributed by atoms with Crippen molar-refractivity contribution in [2.24, 2.45) is 0 Å². The third-order valence-electron chi connectivity index (χ3n) is 4.06. The second-order valence-electron chi connectivity index (χ2n) is 5.92. The number of hydrogen-bond acceptors (Lipinski definition) is 4. The Bertz CT molecular complexity index is 747. The maximum absolute atomic E-state index is 12.0. The summed E-state index contributed by atoms with van der Waals surface area (Å²) in [6.45, 7) is 4.76. The molecule has 3 N–H and O–H groups in total. The fourth-order valence-corrected chi connectivity index (χ4v) is 2.53. The Morgan fingerprint density at radius 3 is 2.46 bits per heavy atom. The number of urea groups is 1. The van der Waals surface area contributed by atoms with Gasteiger partial charge in [-0.15, -0.1) is 0 Å². The van der Waals surface area contributed by atoms with Gasteiger partial charge < -0.3 is 16.0 Å². The van der Waals surface area contributed by atoms with Gasteiger partial charge in [-0.25, -0.2) is 4.79 Å². The lowest BCUT2D eigenvalue weighted by molar-refractivity contribution is -0.384. The van der Waals surface area contributed by atoms with E-state index in [0.717, 1.165) is 12.0 Å². The van der Waals surface area contributed by atoms with E-state index in [4.69, 9.17) is 0 Å². The number of benzene rings is 2. The molecule has 1 atom stereocenters. The summed E-state index contributed by atoms with van der Waals surface area (Å²) in [4.78, 5) is 22.5. The van der Waals surface area contributed by atoms with Crippen molar-refractivity contribution in [3.8, 4) is 0 Å². The van der Waals surface area contributed by atoms with Crippen LogP contribution in [0.25, 0.3) is 0 Å². The van der Waals surface area contributed by atoms with Crippen LogP contribution in [0.2, 0.25) is 0 Å². The smallest absolute Gasteiger partial charge is 0.315 e. The largest absolute Gasteiger partial charge is 0.378 e. The Hall–Kier alpha value is -3.09. The number of aryl methyl sites for hydroxylation is 1. The van der Waals surface area contributed by atoms with Gasteiger partial charge in [0.1, 0.15) is 5.69 Å². The van der Waals surface area contributed by atoms with Crippen molar-refractivity contribution < 1.29 is 9.72 Å². The molecular formula is C19H24N4O3. The van der Waals surface area contributed by atoms with Gasteiger partial charge >= 0.3 is 6.03 Å². The van der Waals surface area contributed by atoms with Crippen molar-refractivity contribution in [2.45, 2.75) is 26.3 Å². The number of amides is 2. The monoisotopic (exact) mass is 356 g/mol. The van der Waals surface area contributed by atoms with Gasteiger partial charge in [-0.2, -0.15) is 0 Å². The molecule has 138 valence electrons. The number of carbonyl (C=O) groups excluding carboxylic acids is 1. The number of nitrogens with one attached hydrogen (secondary N) is 3. The third kappa shape index (κ3) is 5.47. The predicted octanol–water partition coefficient (Wildman–Crippen LogP) is 3.63. The molecule has 2 amide bonds. The van der Waals surface area contributed by atoms with E-state index in [1.165, 1.54) is 11.6 Å². The fourth-order valence-electron chi connectivity index (χ4n) is 2.53. The Morgan fingerprint density at radius 2 is 1.81 bits per heavy atom. The fraction of sp³-hybridized carbons (Fsp3) is 0.316. The van der Waals surface area contributed by atoms with Crippen LogP contribution in [-0.2, 0) is 6.42 Å². The number of nitro groups is 1. The molecule has 2 aromatic carbocycles. The van der Waals surface area contributed by atoms with Gasteiger partial charge in [0.25, 0.3) is 5.69 Å². The van der Waals surface area contributed by atoms with Crippen LogP contribution in [-0.4, -0.2) is 24.0 Å². The molecule has 0 heterocycles. The highest BCUT2D eigenvalue weighted by molar-refractivity contribution is 5.74. The molecule has 2 rings (SSSR count). The van der Waals surface area contributed by atoms with Gasteiger partial charge in [0, 0.05) is 19.2 Å². The van der Waals surface area contributed by atoms with Gasteiger partial charge in [-0.1, -0.05) is 43.3 Å². The minimum atomic E-state index is -0.437. The number of hydrogen-bond donors (Lipinski definition) is 3. The SMILES string of the molecule is CCc1ccc(C(C)NC(=O)NCCNc2ccccc2[N+](=O)[O-])cc1. The third-order valence-corrected chi connectivity index (χ3v) is 4.06. The Balaban J connectivity index is 1.76. The summed E-state index contributed by atoms with van der Waals surface area (Å²) in [5, 5.41) is 19.5. The summed E-state index contributed by atoms with van der Waals surface area (Å²) >= 11 is 0. The molecule has 7 nitrogen and oxygen atoms in total. The summed E-state index contributed by atoms with van der Waals surface area (Å²) < 4.78 is 0. The zero-order valence-corrected chi connectivity index (χ0v) is 15.0. The van der Waals surface area contributed by atoms with Gasteiger partial charge in [-0.3, -0.25) is 10.1 Å². The quantitative estimate of drug-likeness (QED) is 0.382. The van der Waals surface area contributed by atoms with Gasteiger partial charge in [-0.05, 0) is 30.5 Å². The minimum absolute atomic E-state index is 0.0149. The average molecular weight is 356 g/mol. The highest BCUT2D eigenvalue weighted by Gasteiger charge is 2.12. The summed E-state index contributed by atoms with van der Waals surface area (Å²) in [5.41, 5.74) is 2.74. The maximum Gasteiger partial charge on any atom is 0.315 e. The highest BCUT2D eigenvalue weighted by atomic mass is 16.6. The average Bonchev–Trinajstić information content (AvgIpc) is 2.65. The molecule has 2 aromatic rings. The summed E-state index contributed by atoms with van der Waals surface area (Å²) in [5.74, 6) is 0. The molecule has 0 aliphatic rings. The van der Waals surface area contributed by atoms with Crippen molar-refractivity contribution in [1.82, 2.24) is 10.6 Å². The summed E-state index contributed by atoms with van der Waals surface area (Å²) in [6, 6.07) is 14.2. The molecule has 1 unspecified atom stereocenters. The van der Waals surface area contributed by atoms with Gasteiger partial charge in [0.2, 0.25) is 0 Å². The van der Waals surface area contributed by atoms with Crippen LogP contribution in [0.4, 0.5) is 16.2 Å². The molecule has 0 aromatic heterocycles. The van der Waals surface area contributed by atoms with Crippen LogP contribution in [0.1, 0.15) is 31.0 Å². The van der Waals surface area contributed by atoms with E-state index in [-0.39, 0.29) is 17.8 Å². The van der Waals surface area contributed by atoms with Gasteiger partial charge in [0.05, 0.1) is 11.0 Å². The van der Waals surface area contributed by atoms with Crippen LogP contribution in [0.15, 0.2) is 48.5 Å². The van der Waals surface area contributed by atoms with E-state index in [0.29, 0.717) is 18.8 Å². The lowest BCUT2D eigenvalue weighted by Crippen LogP contribution is -2.39. The van der Waals surface area contributed by atoms with Crippen molar-refractivity contribution in [1.29, 1.82) is 0 Å². The number of para-hydroxylation sites is 2. The predicted molar refractivity (Wildman–Crippen MR) is 102 cm³/mol. The molecule has 0 aliphatic heterocycles. The van der Waals surface area contributed by atoms with Crippen molar-refractivity contribution in [3.63, 3.8) is 0 Å². The number of nitro benzene ring substituents is 1. The highest BCUT2D eigenvalue weighted by Crippen LogP contribution is 2.22. The van der Waals surface area contributed by atoms with Crippen molar-refractivity contribution in [3.05, 3.63) is 69.8 Å². The number of anilines is 1. The van der Waals surface area contributed by atoms with E-state index in [1.54, 1.807) is 18.2 Å². The molecule has 0 saturated heterocycles. The Morgan fingerprint density at radius 1 is 1.12 bits per heavy atom. The van der Waals surface area contributed by atoms with Crippen molar-refractivity contribution in [2.75, 3.05) is 18.4 Å². The Labute approximate surface area is 153 Å². The van der Waals surface area contributed by atoms with Crippen LogP contribution in [0.3, 0.4) is 0 Å². The topological polar surface area (TPSA) is 96.3 Å². The molecule has 26 heavy (non-hydrogen) atoms. The zero-order chi connectivity index (χ0) is 18.9. The molecule has 0 radical (unpaired) electrons. The van der Waals surface area contributed by atoms with E-state index in [2.05, 4.69) is 35.0 Å².